The number of halogens is 2. The van der Waals surface area contributed by atoms with Gasteiger partial charge >= 0.3 is 0 Å². The SMILES string of the molecule is COc1ccc2c(c1)NN(CCc1ccccc1)C=C2Cc1c(Cl)cncc1Cl. The molecule has 0 saturated carbocycles. The number of aromatic nitrogens is 1. The lowest BCUT2D eigenvalue weighted by molar-refractivity contribution is 0.413. The minimum atomic E-state index is 0.572. The number of fused-ring (bicyclic) bond motifs is 1. The topological polar surface area (TPSA) is 37.4 Å². The van der Waals surface area contributed by atoms with Crippen molar-refractivity contribution in [3.63, 3.8) is 0 Å². The zero-order valence-electron chi connectivity index (χ0n) is 16.0. The van der Waals surface area contributed by atoms with Gasteiger partial charge in [0.1, 0.15) is 5.75 Å². The van der Waals surface area contributed by atoms with Gasteiger partial charge in [-0.2, -0.15) is 0 Å². The van der Waals surface area contributed by atoms with Crippen molar-refractivity contribution in [2.75, 3.05) is 19.1 Å². The van der Waals surface area contributed by atoms with Crippen LogP contribution < -0.4 is 10.2 Å². The number of hydrogen-bond donors (Lipinski definition) is 1. The molecule has 1 aromatic heterocycles. The van der Waals surface area contributed by atoms with Gasteiger partial charge in [-0.05, 0) is 35.3 Å². The molecular weight excluding hydrogens is 405 g/mol. The second-order valence-corrected chi connectivity index (χ2v) is 7.68. The Balaban J connectivity index is 1.64. The number of nitrogens with one attached hydrogen (secondary N) is 1. The van der Waals surface area contributed by atoms with Crippen LogP contribution in [0.5, 0.6) is 5.75 Å². The summed E-state index contributed by atoms with van der Waals surface area (Å²) < 4.78 is 5.41. The Labute approximate surface area is 180 Å². The van der Waals surface area contributed by atoms with Crippen LogP contribution in [-0.2, 0) is 12.8 Å². The van der Waals surface area contributed by atoms with E-state index < -0.39 is 0 Å². The number of benzene rings is 2. The van der Waals surface area contributed by atoms with E-state index in [1.165, 1.54) is 5.56 Å². The molecule has 0 unspecified atom stereocenters. The summed E-state index contributed by atoms with van der Waals surface area (Å²) in [5.74, 6) is 0.806. The van der Waals surface area contributed by atoms with Crippen LogP contribution in [0.3, 0.4) is 0 Å². The van der Waals surface area contributed by atoms with Crippen LogP contribution in [-0.4, -0.2) is 23.6 Å². The summed E-state index contributed by atoms with van der Waals surface area (Å²) in [5.41, 5.74) is 8.88. The normalized spacial score (nSPS) is 12.8. The monoisotopic (exact) mass is 425 g/mol. The van der Waals surface area contributed by atoms with Crippen LogP contribution in [0.2, 0.25) is 10.0 Å². The summed E-state index contributed by atoms with van der Waals surface area (Å²) in [7, 11) is 1.67. The van der Waals surface area contributed by atoms with Gasteiger partial charge in [0.05, 0.1) is 22.8 Å². The first kappa shape index (κ1) is 19.6. The standard InChI is InChI=1S/C23H21Cl2N3O/c1-29-18-7-8-19-17(11-20-21(24)13-26-14-22(20)25)15-28(27-23(19)12-18)10-9-16-5-3-2-4-6-16/h2-8,12-15,27H,9-11H2,1H3. The van der Waals surface area contributed by atoms with E-state index in [1.807, 2.05) is 18.2 Å². The number of nitrogens with zero attached hydrogens (tertiary/aromatic N) is 2. The minimum absolute atomic E-state index is 0.572. The van der Waals surface area contributed by atoms with Gasteiger partial charge in [0, 0.05) is 43.2 Å². The molecule has 4 rings (SSSR count). The van der Waals surface area contributed by atoms with Gasteiger partial charge < -0.3 is 4.74 Å². The summed E-state index contributed by atoms with van der Waals surface area (Å²) in [4.78, 5) is 4.06. The fourth-order valence-corrected chi connectivity index (χ4v) is 3.92. The number of ether oxygens (including phenoxy) is 1. The minimum Gasteiger partial charge on any atom is -0.497 e. The first-order valence-electron chi connectivity index (χ1n) is 9.38. The number of anilines is 1. The van der Waals surface area contributed by atoms with Crippen molar-refractivity contribution in [1.82, 2.24) is 9.99 Å². The Bertz CT molecular complexity index is 1020. The average Bonchev–Trinajstić information content (AvgIpc) is 2.75. The highest BCUT2D eigenvalue weighted by Crippen LogP contribution is 2.36. The van der Waals surface area contributed by atoms with E-state index in [0.29, 0.717) is 16.5 Å². The van der Waals surface area contributed by atoms with Crippen LogP contribution in [0.25, 0.3) is 5.57 Å². The molecule has 1 aliphatic rings. The summed E-state index contributed by atoms with van der Waals surface area (Å²) in [6, 6.07) is 16.5. The number of pyridine rings is 1. The van der Waals surface area contributed by atoms with Crippen LogP contribution in [0.4, 0.5) is 5.69 Å². The van der Waals surface area contributed by atoms with Gasteiger partial charge in [0.15, 0.2) is 0 Å². The predicted molar refractivity (Wildman–Crippen MR) is 119 cm³/mol. The van der Waals surface area contributed by atoms with E-state index in [-0.39, 0.29) is 0 Å². The molecule has 1 N–H and O–H groups in total. The fraction of sp³-hybridized carbons (Fsp3) is 0.174. The van der Waals surface area contributed by atoms with Gasteiger partial charge in [-0.3, -0.25) is 15.4 Å². The zero-order valence-corrected chi connectivity index (χ0v) is 17.5. The molecule has 2 aromatic carbocycles. The number of hydrazine groups is 1. The Morgan fingerprint density at radius 1 is 1.03 bits per heavy atom. The lowest BCUT2D eigenvalue weighted by Gasteiger charge is -2.31. The lowest BCUT2D eigenvalue weighted by atomic mass is 9.96. The number of rotatable bonds is 6. The molecular formula is C23H21Cl2N3O. The van der Waals surface area contributed by atoms with Crippen molar-refractivity contribution in [2.24, 2.45) is 0 Å². The molecule has 0 bridgehead atoms. The van der Waals surface area contributed by atoms with Crippen molar-refractivity contribution < 1.29 is 4.74 Å². The van der Waals surface area contributed by atoms with Crippen LogP contribution >= 0.6 is 23.2 Å². The maximum absolute atomic E-state index is 6.38. The fourth-order valence-electron chi connectivity index (χ4n) is 3.42. The van der Waals surface area contributed by atoms with Crippen LogP contribution in [0, 0.1) is 0 Å². The van der Waals surface area contributed by atoms with Crippen LogP contribution in [0.1, 0.15) is 16.7 Å². The molecule has 0 atom stereocenters. The molecule has 0 aliphatic carbocycles. The van der Waals surface area contributed by atoms with Gasteiger partial charge in [-0.25, -0.2) is 0 Å². The van der Waals surface area contributed by atoms with E-state index >= 15 is 0 Å². The Kier molecular flexibility index (Phi) is 5.93. The molecule has 29 heavy (non-hydrogen) atoms. The van der Waals surface area contributed by atoms with Crippen molar-refractivity contribution in [3.05, 3.63) is 93.9 Å². The first-order valence-corrected chi connectivity index (χ1v) is 10.1. The van der Waals surface area contributed by atoms with Gasteiger partial charge in [0.25, 0.3) is 0 Å². The van der Waals surface area contributed by atoms with Gasteiger partial charge in [-0.15, -0.1) is 0 Å². The molecule has 3 aromatic rings. The second kappa shape index (κ2) is 8.76. The maximum atomic E-state index is 6.38. The van der Waals surface area contributed by atoms with E-state index in [0.717, 1.165) is 41.1 Å². The third kappa shape index (κ3) is 4.50. The van der Waals surface area contributed by atoms with Crippen LogP contribution in [0.15, 0.2) is 67.1 Å². The molecule has 0 fully saturated rings. The summed E-state index contributed by atoms with van der Waals surface area (Å²) >= 11 is 12.8. The zero-order chi connectivity index (χ0) is 20.2. The van der Waals surface area contributed by atoms with Gasteiger partial charge in [-0.1, -0.05) is 53.5 Å². The first-order chi connectivity index (χ1) is 14.1. The maximum Gasteiger partial charge on any atom is 0.121 e. The number of allylic oxidation sites excluding steroid dienone is 1. The third-order valence-electron chi connectivity index (χ3n) is 4.95. The van der Waals surface area contributed by atoms with E-state index in [9.17, 15) is 0 Å². The molecule has 148 valence electrons. The molecule has 2 heterocycles. The summed E-state index contributed by atoms with van der Waals surface area (Å²) in [6.45, 7) is 0.821. The highest BCUT2D eigenvalue weighted by atomic mass is 35.5. The Hall–Kier alpha value is -2.69. The summed E-state index contributed by atoms with van der Waals surface area (Å²) in [6.07, 6.45) is 6.93. The van der Waals surface area contributed by atoms with Crippen molar-refractivity contribution >= 4 is 34.5 Å². The largest absolute Gasteiger partial charge is 0.497 e. The quantitative estimate of drug-likeness (QED) is 0.535. The molecule has 0 saturated heterocycles. The molecule has 1 aliphatic heterocycles. The molecule has 0 radical (unpaired) electrons. The van der Waals surface area contributed by atoms with Crippen molar-refractivity contribution in [2.45, 2.75) is 12.8 Å². The summed E-state index contributed by atoms with van der Waals surface area (Å²) in [5, 5.41) is 3.25. The van der Waals surface area contributed by atoms with E-state index in [4.69, 9.17) is 27.9 Å². The highest BCUT2D eigenvalue weighted by Gasteiger charge is 2.20. The molecule has 0 amide bonds. The third-order valence-corrected chi connectivity index (χ3v) is 5.60. The highest BCUT2D eigenvalue weighted by molar-refractivity contribution is 6.35. The second-order valence-electron chi connectivity index (χ2n) is 6.87. The smallest absolute Gasteiger partial charge is 0.121 e. The lowest BCUT2D eigenvalue weighted by Crippen LogP contribution is -2.30. The molecule has 4 nitrogen and oxygen atoms in total. The Morgan fingerprint density at radius 3 is 2.52 bits per heavy atom. The number of methoxy groups -OCH3 is 1. The predicted octanol–water partition coefficient (Wildman–Crippen LogP) is 5.87. The molecule has 0 spiro atoms. The van der Waals surface area contributed by atoms with Gasteiger partial charge in [0.2, 0.25) is 0 Å². The van der Waals surface area contributed by atoms with Crippen molar-refractivity contribution in [1.29, 1.82) is 0 Å². The van der Waals surface area contributed by atoms with E-state index in [1.54, 1.807) is 19.5 Å². The average molecular weight is 426 g/mol. The Morgan fingerprint density at radius 2 is 1.79 bits per heavy atom. The number of hydrogen-bond acceptors (Lipinski definition) is 4. The molecule has 6 heteroatoms. The van der Waals surface area contributed by atoms with E-state index in [2.05, 4.69) is 52.0 Å². The van der Waals surface area contributed by atoms with Crippen molar-refractivity contribution in [3.8, 4) is 5.75 Å².